The summed E-state index contributed by atoms with van der Waals surface area (Å²) < 4.78 is 5.28. The second-order valence-corrected chi connectivity index (χ2v) is 4.83. The molecule has 0 aromatic carbocycles. The zero-order chi connectivity index (χ0) is 11.7. The topological polar surface area (TPSA) is 54.7 Å². The maximum atomic E-state index is 5.28. The van der Waals surface area contributed by atoms with Crippen molar-refractivity contribution in [2.24, 2.45) is 0 Å². The van der Waals surface area contributed by atoms with E-state index in [1.165, 1.54) is 32.1 Å². The third kappa shape index (κ3) is 2.12. The predicted molar refractivity (Wildman–Crippen MR) is 64.6 cm³/mol. The van der Waals surface area contributed by atoms with Crippen LogP contribution in [0, 0.1) is 6.92 Å². The molecule has 90 valence electrons. The minimum atomic E-state index is 0.568. The number of nitrogens with one attached hydrogen (secondary N) is 1. The first kappa shape index (κ1) is 10.6. The summed E-state index contributed by atoms with van der Waals surface area (Å²) in [7, 11) is 0. The molecule has 0 aliphatic heterocycles. The summed E-state index contributed by atoms with van der Waals surface area (Å²) >= 11 is 0. The van der Waals surface area contributed by atoms with Crippen molar-refractivity contribution in [1.29, 1.82) is 0 Å². The van der Waals surface area contributed by atoms with Crippen molar-refractivity contribution in [3.05, 3.63) is 23.9 Å². The van der Waals surface area contributed by atoms with Crippen molar-refractivity contribution < 1.29 is 4.42 Å². The van der Waals surface area contributed by atoms with Crippen LogP contribution in [0.25, 0.3) is 11.4 Å². The van der Waals surface area contributed by atoms with Crippen LogP contribution in [0.3, 0.4) is 0 Å². The lowest BCUT2D eigenvalue weighted by atomic mass is 9.89. The van der Waals surface area contributed by atoms with Crippen molar-refractivity contribution in [1.82, 2.24) is 15.2 Å². The van der Waals surface area contributed by atoms with Crippen molar-refractivity contribution in [3.8, 4) is 11.4 Å². The number of aromatic amines is 1. The van der Waals surface area contributed by atoms with Gasteiger partial charge in [0.1, 0.15) is 17.8 Å². The standard InChI is InChI=1S/C13H17N3O/c1-9-7-11(8-17-9)13-14-12(15-16-13)10-5-3-2-4-6-10/h7-8,10H,2-6H2,1H3,(H,14,15,16). The quantitative estimate of drug-likeness (QED) is 0.861. The van der Waals surface area contributed by atoms with E-state index in [4.69, 9.17) is 4.42 Å². The Balaban J connectivity index is 1.82. The highest BCUT2D eigenvalue weighted by atomic mass is 16.3. The normalized spacial score (nSPS) is 17.5. The van der Waals surface area contributed by atoms with E-state index in [9.17, 15) is 0 Å². The molecule has 1 fully saturated rings. The second-order valence-electron chi connectivity index (χ2n) is 4.83. The van der Waals surface area contributed by atoms with Gasteiger partial charge in [-0.1, -0.05) is 19.3 Å². The smallest absolute Gasteiger partial charge is 0.184 e. The largest absolute Gasteiger partial charge is 0.469 e. The fraction of sp³-hybridized carbons (Fsp3) is 0.538. The predicted octanol–water partition coefficient (Wildman–Crippen LogP) is 3.42. The van der Waals surface area contributed by atoms with Crippen LogP contribution < -0.4 is 0 Å². The Labute approximate surface area is 100 Å². The molecule has 4 nitrogen and oxygen atoms in total. The third-order valence-electron chi connectivity index (χ3n) is 3.48. The molecule has 1 N–H and O–H groups in total. The molecule has 4 heteroatoms. The van der Waals surface area contributed by atoms with Gasteiger partial charge in [0, 0.05) is 5.92 Å². The van der Waals surface area contributed by atoms with Crippen LogP contribution in [0.2, 0.25) is 0 Å². The monoisotopic (exact) mass is 231 g/mol. The number of nitrogens with zero attached hydrogens (tertiary/aromatic N) is 2. The van der Waals surface area contributed by atoms with Gasteiger partial charge in [-0.05, 0) is 25.8 Å². The zero-order valence-corrected chi connectivity index (χ0v) is 10.1. The molecule has 0 radical (unpaired) electrons. The molecular weight excluding hydrogens is 214 g/mol. The molecule has 3 rings (SSSR count). The fourth-order valence-electron chi connectivity index (χ4n) is 2.52. The van der Waals surface area contributed by atoms with Gasteiger partial charge in [-0.3, -0.25) is 5.10 Å². The van der Waals surface area contributed by atoms with Crippen molar-refractivity contribution >= 4 is 0 Å². The summed E-state index contributed by atoms with van der Waals surface area (Å²) in [6.45, 7) is 1.93. The molecule has 1 saturated carbocycles. The number of hydrogen-bond donors (Lipinski definition) is 1. The maximum absolute atomic E-state index is 5.28. The highest BCUT2D eigenvalue weighted by Gasteiger charge is 2.19. The summed E-state index contributed by atoms with van der Waals surface area (Å²) in [6, 6.07) is 1.97. The van der Waals surface area contributed by atoms with E-state index in [0.29, 0.717) is 5.92 Å². The maximum Gasteiger partial charge on any atom is 0.184 e. The molecule has 0 bridgehead atoms. The summed E-state index contributed by atoms with van der Waals surface area (Å²) in [4.78, 5) is 4.59. The molecule has 2 aromatic rings. The minimum Gasteiger partial charge on any atom is -0.469 e. The molecule has 0 unspecified atom stereocenters. The number of aryl methyl sites for hydroxylation is 1. The third-order valence-corrected chi connectivity index (χ3v) is 3.48. The van der Waals surface area contributed by atoms with Gasteiger partial charge in [0.2, 0.25) is 0 Å². The first-order valence-corrected chi connectivity index (χ1v) is 6.31. The van der Waals surface area contributed by atoms with Crippen LogP contribution in [-0.4, -0.2) is 15.2 Å². The summed E-state index contributed by atoms with van der Waals surface area (Å²) in [5.41, 5.74) is 0.959. The van der Waals surface area contributed by atoms with Crippen LogP contribution >= 0.6 is 0 Å². The van der Waals surface area contributed by atoms with E-state index < -0.39 is 0 Å². The highest BCUT2D eigenvalue weighted by molar-refractivity contribution is 5.53. The number of hydrogen-bond acceptors (Lipinski definition) is 3. The van der Waals surface area contributed by atoms with E-state index >= 15 is 0 Å². The van der Waals surface area contributed by atoms with Gasteiger partial charge in [-0.25, -0.2) is 4.98 Å². The van der Waals surface area contributed by atoms with Crippen LogP contribution in [0.1, 0.15) is 49.6 Å². The van der Waals surface area contributed by atoms with E-state index in [1.54, 1.807) is 6.26 Å². The summed E-state index contributed by atoms with van der Waals surface area (Å²) in [5, 5.41) is 7.36. The molecule has 0 amide bonds. The van der Waals surface area contributed by atoms with Gasteiger partial charge < -0.3 is 4.42 Å². The van der Waals surface area contributed by atoms with Gasteiger partial charge in [0.15, 0.2) is 5.82 Å². The molecule has 0 spiro atoms. The second kappa shape index (κ2) is 4.35. The lowest BCUT2D eigenvalue weighted by Gasteiger charge is -2.18. The Morgan fingerprint density at radius 1 is 1.29 bits per heavy atom. The van der Waals surface area contributed by atoms with E-state index in [-0.39, 0.29) is 0 Å². The van der Waals surface area contributed by atoms with Crippen LogP contribution in [-0.2, 0) is 0 Å². The van der Waals surface area contributed by atoms with Gasteiger partial charge in [-0.2, -0.15) is 5.10 Å². The molecule has 1 aliphatic rings. The molecule has 17 heavy (non-hydrogen) atoms. The SMILES string of the molecule is Cc1cc(-c2n[nH]c(C3CCCCC3)n2)co1. The van der Waals surface area contributed by atoms with Crippen molar-refractivity contribution in [2.75, 3.05) is 0 Å². The molecule has 2 aromatic heterocycles. The van der Waals surface area contributed by atoms with Crippen LogP contribution in [0.4, 0.5) is 0 Å². The lowest BCUT2D eigenvalue weighted by molar-refractivity contribution is 0.429. The first-order valence-electron chi connectivity index (χ1n) is 6.31. The first-order chi connectivity index (χ1) is 8.33. The highest BCUT2D eigenvalue weighted by Crippen LogP contribution is 2.31. The van der Waals surface area contributed by atoms with E-state index in [2.05, 4.69) is 15.2 Å². The number of aromatic nitrogens is 3. The van der Waals surface area contributed by atoms with E-state index in [0.717, 1.165) is 23.0 Å². The van der Waals surface area contributed by atoms with Gasteiger partial charge >= 0.3 is 0 Å². The van der Waals surface area contributed by atoms with Crippen LogP contribution in [0.5, 0.6) is 0 Å². The van der Waals surface area contributed by atoms with E-state index in [1.807, 2.05) is 13.0 Å². The number of H-pyrrole nitrogens is 1. The fourth-order valence-corrected chi connectivity index (χ4v) is 2.52. The average molecular weight is 231 g/mol. The number of rotatable bonds is 2. The average Bonchev–Trinajstić information content (AvgIpc) is 2.98. The Hall–Kier alpha value is -1.58. The molecule has 0 saturated heterocycles. The summed E-state index contributed by atoms with van der Waals surface area (Å²) in [6.07, 6.45) is 8.16. The molecule has 1 aliphatic carbocycles. The Kier molecular flexibility index (Phi) is 2.71. The van der Waals surface area contributed by atoms with Gasteiger partial charge in [-0.15, -0.1) is 0 Å². The van der Waals surface area contributed by atoms with Crippen molar-refractivity contribution in [3.63, 3.8) is 0 Å². The zero-order valence-electron chi connectivity index (χ0n) is 10.1. The number of furan rings is 1. The van der Waals surface area contributed by atoms with Gasteiger partial charge in [0.05, 0.1) is 5.56 Å². The molecule has 0 atom stereocenters. The van der Waals surface area contributed by atoms with Crippen molar-refractivity contribution in [2.45, 2.75) is 44.9 Å². The minimum absolute atomic E-state index is 0.568. The summed E-state index contributed by atoms with van der Waals surface area (Å²) in [5.74, 6) is 3.25. The van der Waals surface area contributed by atoms with Gasteiger partial charge in [0.25, 0.3) is 0 Å². The molecule has 2 heterocycles. The Morgan fingerprint density at radius 2 is 2.12 bits per heavy atom. The molecular formula is C13H17N3O. The Morgan fingerprint density at radius 3 is 2.82 bits per heavy atom. The lowest BCUT2D eigenvalue weighted by Crippen LogP contribution is -2.06. The van der Waals surface area contributed by atoms with Crippen LogP contribution in [0.15, 0.2) is 16.7 Å². The Bertz CT molecular complexity index is 494.